The zero-order valence-electron chi connectivity index (χ0n) is 10.7. The van der Waals surface area contributed by atoms with E-state index in [1.165, 1.54) is 0 Å². The van der Waals surface area contributed by atoms with E-state index in [0.717, 1.165) is 5.75 Å². The monoisotopic (exact) mass is 258 g/mol. The summed E-state index contributed by atoms with van der Waals surface area (Å²) in [6.45, 7) is 0. The Morgan fingerprint density at radius 2 is 1.84 bits per heavy atom. The molecule has 0 atom stereocenters. The van der Waals surface area contributed by atoms with Gasteiger partial charge in [-0.2, -0.15) is 0 Å². The van der Waals surface area contributed by atoms with Crippen LogP contribution in [-0.4, -0.2) is 30.3 Å². The summed E-state index contributed by atoms with van der Waals surface area (Å²) in [6.07, 6.45) is 0. The quantitative estimate of drug-likeness (QED) is 0.874. The topological polar surface area (TPSA) is 76.1 Å². The molecule has 1 heterocycles. The van der Waals surface area contributed by atoms with Crippen LogP contribution < -0.4 is 15.4 Å². The Kier molecular flexibility index (Phi) is 3.92. The fourth-order valence-electron chi connectivity index (χ4n) is 1.46. The first kappa shape index (κ1) is 12.8. The summed E-state index contributed by atoms with van der Waals surface area (Å²) in [5.41, 5.74) is 0.931. The van der Waals surface area contributed by atoms with E-state index in [2.05, 4.69) is 20.8 Å². The highest BCUT2D eigenvalue weighted by atomic mass is 16.5. The summed E-state index contributed by atoms with van der Waals surface area (Å²) in [5, 5.41) is 13.2. The fourth-order valence-corrected chi connectivity index (χ4v) is 1.46. The lowest BCUT2D eigenvalue weighted by molar-refractivity contribution is 0.102. The molecule has 0 radical (unpaired) electrons. The second-order valence-electron chi connectivity index (χ2n) is 3.74. The maximum absolute atomic E-state index is 11.9. The van der Waals surface area contributed by atoms with Crippen molar-refractivity contribution < 1.29 is 9.53 Å². The number of rotatable bonds is 4. The van der Waals surface area contributed by atoms with Crippen LogP contribution in [0.1, 0.15) is 10.5 Å². The molecule has 0 saturated heterocycles. The molecule has 1 amide bonds. The molecule has 1 aromatic carbocycles. The molecule has 6 heteroatoms. The summed E-state index contributed by atoms with van der Waals surface area (Å²) in [7, 11) is 3.33. The van der Waals surface area contributed by atoms with E-state index < -0.39 is 0 Å². The molecule has 19 heavy (non-hydrogen) atoms. The number of aromatic nitrogens is 2. The maximum atomic E-state index is 11.9. The summed E-state index contributed by atoms with van der Waals surface area (Å²) >= 11 is 0. The third-order valence-electron chi connectivity index (χ3n) is 2.50. The molecule has 0 saturated carbocycles. The van der Waals surface area contributed by atoms with Crippen LogP contribution >= 0.6 is 0 Å². The largest absolute Gasteiger partial charge is 0.497 e. The minimum atomic E-state index is -0.305. The van der Waals surface area contributed by atoms with Gasteiger partial charge in [0.2, 0.25) is 0 Å². The van der Waals surface area contributed by atoms with Crippen molar-refractivity contribution in [2.45, 2.75) is 0 Å². The van der Waals surface area contributed by atoms with Crippen LogP contribution in [0.5, 0.6) is 5.75 Å². The van der Waals surface area contributed by atoms with Gasteiger partial charge in [0.1, 0.15) is 11.6 Å². The highest BCUT2D eigenvalue weighted by molar-refractivity contribution is 6.02. The molecule has 0 fully saturated rings. The van der Waals surface area contributed by atoms with Gasteiger partial charge in [-0.25, -0.2) is 0 Å². The Labute approximate surface area is 110 Å². The molecular formula is C13H14N4O2. The van der Waals surface area contributed by atoms with Crippen LogP contribution in [0.15, 0.2) is 36.4 Å². The number of nitrogens with zero attached hydrogens (tertiary/aromatic N) is 2. The second kappa shape index (κ2) is 5.81. The predicted octanol–water partition coefficient (Wildman–Crippen LogP) is 1.78. The Morgan fingerprint density at radius 1 is 1.11 bits per heavy atom. The average Bonchev–Trinajstić information content (AvgIpc) is 2.48. The molecule has 1 aromatic heterocycles. The number of benzene rings is 1. The van der Waals surface area contributed by atoms with Crippen molar-refractivity contribution in [1.82, 2.24) is 10.2 Å². The summed E-state index contributed by atoms with van der Waals surface area (Å²) < 4.78 is 5.04. The van der Waals surface area contributed by atoms with E-state index in [1.807, 2.05) is 0 Å². The Hall–Kier alpha value is -2.63. The van der Waals surface area contributed by atoms with Crippen LogP contribution in [0.3, 0.4) is 0 Å². The third kappa shape index (κ3) is 3.19. The number of carbonyl (C=O) groups is 1. The van der Waals surface area contributed by atoms with Crippen molar-refractivity contribution >= 4 is 17.4 Å². The van der Waals surface area contributed by atoms with Crippen LogP contribution in [-0.2, 0) is 0 Å². The fraction of sp³-hybridized carbons (Fsp3) is 0.154. The van der Waals surface area contributed by atoms with Gasteiger partial charge in [-0.05, 0) is 36.4 Å². The van der Waals surface area contributed by atoms with Crippen molar-refractivity contribution in [3.05, 3.63) is 42.1 Å². The number of hydrogen-bond acceptors (Lipinski definition) is 5. The third-order valence-corrected chi connectivity index (χ3v) is 2.50. The molecule has 2 N–H and O–H groups in total. The summed E-state index contributed by atoms with van der Waals surface area (Å²) in [4.78, 5) is 11.9. The van der Waals surface area contributed by atoms with E-state index in [1.54, 1.807) is 50.6 Å². The number of anilines is 2. The number of amides is 1. The normalized spacial score (nSPS) is 9.79. The van der Waals surface area contributed by atoms with E-state index in [4.69, 9.17) is 4.74 Å². The standard InChI is InChI=1S/C13H14N4O2/c1-14-12-8-7-11(16-17-12)13(18)15-9-3-5-10(19-2)6-4-9/h3-8H,1-2H3,(H,14,17)(H,15,18). The van der Waals surface area contributed by atoms with Crippen LogP contribution in [0.4, 0.5) is 11.5 Å². The minimum absolute atomic E-state index is 0.259. The molecule has 0 aliphatic carbocycles. The van der Waals surface area contributed by atoms with Crippen molar-refractivity contribution in [2.24, 2.45) is 0 Å². The predicted molar refractivity (Wildman–Crippen MR) is 72.5 cm³/mol. The molecule has 0 unspecified atom stereocenters. The van der Waals surface area contributed by atoms with Crippen molar-refractivity contribution in [1.29, 1.82) is 0 Å². The van der Waals surface area contributed by atoms with E-state index in [0.29, 0.717) is 11.5 Å². The summed E-state index contributed by atoms with van der Waals surface area (Å²) in [6, 6.07) is 10.3. The molecule has 6 nitrogen and oxygen atoms in total. The lowest BCUT2D eigenvalue weighted by Gasteiger charge is -2.05. The van der Waals surface area contributed by atoms with Gasteiger partial charge in [-0.3, -0.25) is 4.79 Å². The molecule has 0 bridgehead atoms. The average molecular weight is 258 g/mol. The van der Waals surface area contributed by atoms with Gasteiger partial charge in [-0.15, -0.1) is 10.2 Å². The zero-order valence-corrected chi connectivity index (χ0v) is 10.7. The van der Waals surface area contributed by atoms with Gasteiger partial charge < -0.3 is 15.4 Å². The van der Waals surface area contributed by atoms with Gasteiger partial charge in [-0.1, -0.05) is 0 Å². The highest BCUT2D eigenvalue weighted by Gasteiger charge is 2.08. The molecule has 0 spiro atoms. The molecule has 0 aliphatic rings. The second-order valence-corrected chi connectivity index (χ2v) is 3.74. The van der Waals surface area contributed by atoms with Gasteiger partial charge in [0.05, 0.1) is 7.11 Å². The van der Waals surface area contributed by atoms with E-state index in [9.17, 15) is 4.79 Å². The number of carbonyl (C=O) groups excluding carboxylic acids is 1. The molecular weight excluding hydrogens is 244 g/mol. The molecule has 98 valence electrons. The van der Waals surface area contributed by atoms with Crippen LogP contribution in [0.2, 0.25) is 0 Å². The zero-order chi connectivity index (χ0) is 13.7. The Bertz CT molecular complexity index is 552. The number of methoxy groups -OCH3 is 1. The number of hydrogen-bond donors (Lipinski definition) is 2. The lowest BCUT2D eigenvalue weighted by Crippen LogP contribution is -2.14. The first-order valence-electron chi connectivity index (χ1n) is 5.70. The van der Waals surface area contributed by atoms with Crippen molar-refractivity contribution in [3.8, 4) is 5.75 Å². The smallest absolute Gasteiger partial charge is 0.276 e. The molecule has 0 aliphatic heterocycles. The minimum Gasteiger partial charge on any atom is -0.497 e. The Balaban J connectivity index is 2.06. The first-order chi connectivity index (χ1) is 9.22. The van der Waals surface area contributed by atoms with Gasteiger partial charge in [0, 0.05) is 12.7 Å². The summed E-state index contributed by atoms with van der Waals surface area (Å²) in [5.74, 6) is 1.04. The van der Waals surface area contributed by atoms with E-state index >= 15 is 0 Å². The van der Waals surface area contributed by atoms with Crippen LogP contribution in [0, 0.1) is 0 Å². The highest BCUT2D eigenvalue weighted by Crippen LogP contribution is 2.15. The number of ether oxygens (including phenoxy) is 1. The SMILES string of the molecule is CNc1ccc(C(=O)Nc2ccc(OC)cc2)nn1. The van der Waals surface area contributed by atoms with E-state index in [-0.39, 0.29) is 11.6 Å². The Morgan fingerprint density at radius 3 is 2.37 bits per heavy atom. The first-order valence-corrected chi connectivity index (χ1v) is 5.70. The van der Waals surface area contributed by atoms with Gasteiger partial charge in [0.25, 0.3) is 5.91 Å². The maximum Gasteiger partial charge on any atom is 0.276 e. The van der Waals surface area contributed by atoms with Gasteiger partial charge in [0.15, 0.2) is 5.69 Å². The van der Waals surface area contributed by atoms with Crippen molar-refractivity contribution in [3.63, 3.8) is 0 Å². The van der Waals surface area contributed by atoms with Crippen LogP contribution in [0.25, 0.3) is 0 Å². The van der Waals surface area contributed by atoms with Crippen molar-refractivity contribution in [2.75, 3.05) is 24.8 Å². The lowest BCUT2D eigenvalue weighted by atomic mass is 10.3. The number of nitrogens with one attached hydrogen (secondary N) is 2. The van der Waals surface area contributed by atoms with Gasteiger partial charge >= 0.3 is 0 Å². The molecule has 2 rings (SSSR count). The molecule has 2 aromatic rings.